The molecule has 0 aromatic carbocycles. The van der Waals surface area contributed by atoms with Gasteiger partial charge in [0.25, 0.3) is 0 Å². The quantitative estimate of drug-likeness (QED) is 0.723. The lowest BCUT2D eigenvalue weighted by Gasteiger charge is -2.15. The lowest BCUT2D eigenvalue weighted by molar-refractivity contribution is 0.275. The molecular formula is C11H22N2O. The molecule has 14 heavy (non-hydrogen) atoms. The van der Waals surface area contributed by atoms with Crippen LogP contribution in [-0.2, 0) is 0 Å². The highest BCUT2D eigenvalue weighted by atomic mass is 16.3. The molecular weight excluding hydrogens is 176 g/mol. The number of rotatable bonds is 3. The highest BCUT2D eigenvalue weighted by Crippen LogP contribution is 2.14. The van der Waals surface area contributed by atoms with Crippen LogP contribution in [0, 0.1) is 5.92 Å². The van der Waals surface area contributed by atoms with Crippen LogP contribution in [0.2, 0.25) is 0 Å². The Labute approximate surface area is 86.6 Å². The smallest absolute Gasteiger partial charge is 0.0965 e. The Hall–Kier alpha value is -0.570. The summed E-state index contributed by atoms with van der Waals surface area (Å²) in [5.41, 5.74) is 0. The van der Waals surface area contributed by atoms with Gasteiger partial charge in [-0.25, -0.2) is 0 Å². The van der Waals surface area contributed by atoms with Gasteiger partial charge in [-0.05, 0) is 32.1 Å². The molecule has 82 valence electrons. The third-order valence-electron chi connectivity index (χ3n) is 2.77. The Morgan fingerprint density at radius 3 is 3.07 bits per heavy atom. The molecule has 1 aliphatic rings. The number of aliphatic hydroxyl groups is 1. The molecule has 2 atom stereocenters. The van der Waals surface area contributed by atoms with Crippen LogP contribution in [0.15, 0.2) is 4.99 Å². The minimum atomic E-state index is 0.248. The SMILES string of the molecule is CC1CCN=C(NC(C)CCO)CC1. The first-order valence-corrected chi connectivity index (χ1v) is 5.63. The molecule has 0 amide bonds. The Morgan fingerprint density at radius 1 is 1.57 bits per heavy atom. The van der Waals surface area contributed by atoms with Gasteiger partial charge in [0, 0.05) is 25.6 Å². The van der Waals surface area contributed by atoms with Gasteiger partial charge in [-0.2, -0.15) is 0 Å². The Kier molecular flexibility index (Phi) is 4.94. The molecule has 0 aliphatic carbocycles. The van der Waals surface area contributed by atoms with Crippen molar-refractivity contribution in [1.29, 1.82) is 0 Å². The number of amidine groups is 1. The topological polar surface area (TPSA) is 44.6 Å². The maximum atomic E-state index is 8.78. The molecule has 0 saturated carbocycles. The predicted octanol–water partition coefficient (Wildman–Crippen LogP) is 1.57. The number of nitrogens with zero attached hydrogens (tertiary/aromatic N) is 1. The average Bonchev–Trinajstić information content (AvgIpc) is 2.32. The molecule has 0 aromatic rings. The highest BCUT2D eigenvalue weighted by molar-refractivity contribution is 5.82. The van der Waals surface area contributed by atoms with Crippen LogP contribution in [0.3, 0.4) is 0 Å². The summed E-state index contributed by atoms with van der Waals surface area (Å²) >= 11 is 0. The van der Waals surface area contributed by atoms with Gasteiger partial charge in [-0.3, -0.25) is 4.99 Å². The van der Waals surface area contributed by atoms with Crippen molar-refractivity contribution in [2.75, 3.05) is 13.2 Å². The second-order valence-corrected chi connectivity index (χ2v) is 4.32. The van der Waals surface area contributed by atoms with E-state index < -0.39 is 0 Å². The van der Waals surface area contributed by atoms with Crippen LogP contribution in [0.4, 0.5) is 0 Å². The third-order valence-corrected chi connectivity index (χ3v) is 2.77. The molecule has 0 spiro atoms. The first kappa shape index (κ1) is 11.5. The zero-order valence-electron chi connectivity index (χ0n) is 9.29. The predicted molar refractivity (Wildman–Crippen MR) is 59.6 cm³/mol. The van der Waals surface area contributed by atoms with Crippen molar-refractivity contribution in [3.63, 3.8) is 0 Å². The summed E-state index contributed by atoms with van der Waals surface area (Å²) in [7, 11) is 0. The van der Waals surface area contributed by atoms with Crippen molar-refractivity contribution in [1.82, 2.24) is 5.32 Å². The molecule has 1 rings (SSSR count). The molecule has 0 saturated heterocycles. The first-order valence-electron chi connectivity index (χ1n) is 5.63. The second kappa shape index (κ2) is 6.02. The molecule has 1 aliphatic heterocycles. The van der Waals surface area contributed by atoms with E-state index in [1.54, 1.807) is 0 Å². The van der Waals surface area contributed by atoms with Gasteiger partial charge in [-0.1, -0.05) is 6.92 Å². The molecule has 2 N–H and O–H groups in total. The monoisotopic (exact) mass is 198 g/mol. The molecule has 3 nitrogen and oxygen atoms in total. The zero-order valence-corrected chi connectivity index (χ0v) is 9.29. The summed E-state index contributed by atoms with van der Waals surface area (Å²) in [6, 6.07) is 0.340. The van der Waals surface area contributed by atoms with Crippen molar-refractivity contribution < 1.29 is 5.11 Å². The van der Waals surface area contributed by atoms with Crippen LogP contribution in [0.5, 0.6) is 0 Å². The van der Waals surface area contributed by atoms with Crippen molar-refractivity contribution >= 4 is 5.84 Å². The van der Waals surface area contributed by atoms with Crippen LogP contribution in [0.1, 0.15) is 39.5 Å². The minimum Gasteiger partial charge on any atom is -0.396 e. The summed E-state index contributed by atoms with van der Waals surface area (Å²) in [5.74, 6) is 1.93. The number of aliphatic hydroxyl groups excluding tert-OH is 1. The maximum absolute atomic E-state index is 8.78. The van der Waals surface area contributed by atoms with Crippen LogP contribution in [-0.4, -0.2) is 30.1 Å². The largest absolute Gasteiger partial charge is 0.396 e. The lowest BCUT2D eigenvalue weighted by atomic mass is 10.0. The Morgan fingerprint density at radius 2 is 2.36 bits per heavy atom. The first-order chi connectivity index (χ1) is 6.72. The molecule has 1 heterocycles. The van der Waals surface area contributed by atoms with Gasteiger partial charge in [-0.15, -0.1) is 0 Å². The van der Waals surface area contributed by atoms with Crippen molar-refractivity contribution in [2.45, 2.75) is 45.6 Å². The average molecular weight is 198 g/mol. The number of aliphatic imine (C=N–C) groups is 1. The summed E-state index contributed by atoms with van der Waals surface area (Å²) in [6.45, 7) is 5.58. The summed E-state index contributed by atoms with van der Waals surface area (Å²) in [5, 5.41) is 12.2. The molecule has 0 bridgehead atoms. The van der Waals surface area contributed by atoms with E-state index in [4.69, 9.17) is 5.11 Å². The number of nitrogens with one attached hydrogen (secondary N) is 1. The molecule has 0 aromatic heterocycles. The molecule has 2 unspecified atom stereocenters. The summed E-state index contributed by atoms with van der Waals surface area (Å²) in [6.07, 6.45) is 4.31. The molecule has 0 radical (unpaired) electrons. The fourth-order valence-corrected chi connectivity index (χ4v) is 1.69. The van der Waals surface area contributed by atoms with Crippen molar-refractivity contribution in [3.05, 3.63) is 0 Å². The molecule has 0 fully saturated rings. The van der Waals surface area contributed by atoms with Gasteiger partial charge in [0.2, 0.25) is 0 Å². The van der Waals surface area contributed by atoms with Gasteiger partial charge < -0.3 is 10.4 Å². The van der Waals surface area contributed by atoms with E-state index in [9.17, 15) is 0 Å². The van der Waals surface area contributed by atoms with Crippen LogP contribution < -0.4 is 5.32 Å². The van der Waals surface area contributed by atoms with E-state index in [0.29, 0.717) is 6.04 Å². The lowest BCUT2D eigenvalue weighted by Crippen LogP contribution is -2.33. The van der Waals surface area contributed by atoms with Crippen LogP contribution >= 0.6 is 0 Å². The van der Waals surface area contributed by atoms with Gasteiger partial charge in [0.1, 0.15) is 0 Å². The van der Waals surface area contributed by atoms with Gasteiger partial charge in [0.15, 0.2) is 0 Å². The Bertz CT molecular complexity index is 192. The maximum Gasteiger partial charge on any atom is 0.0965 e. The van der Waals surface area contributed by atoms with E-state index in [1.807, 2.05) is 0 Å². The van der Waals surface area contributed by atoms with Gasteiger partial charge >= 0.3 is 0 Å². The molecule has 3 heteroatoms. The third kappa shape index (κ3) is 4.09. The summed E-state index contributed by atoms with van der Waals surface area (Å²) < 4.78 is 0. The number of hydrogen-bond acceptors (Lipinski definition) is 3. The van der Waals surface area contributed by atoms with E-state index in [0.717, 1.165) is 31.1 Å². The normalized spacial score (nSPS) is 25.1. The standard InChI is InChI=1S/C11H22N2O/c1-9-3-4-11(12-7-5-9)13-10(2)6-8-14/h9-10,14H,3-8H2,1-2H3,(H,12,13). The fraction of sp³-hybridized carbons (Fsp3) is 0.909. The van der Waals surface area contributed by atoms with E-state index in [-0.39, 0.29) is 6.61 Å². The number of hydrogen-bond donors (Lipinski definition) is 2. The minimum absolute atomic E-state index is 0.248. The van der Waals surface area contributed by atoms with E-state index in [1.165, 1.54) is 12.8 Å². The van der Waals surface area contributed by atoms with Crippen molar-refractivity contribution in [3.8, 4) is 0 Å². The zero-order chi connectivity index (χ0) is 10.4. The Balaban J connectivity index is 2.32. The second-order valence-electron chi connectivity index (χ2n) is 4.32. The fourth-order valence-electron chi connectivity index (χ4n) is 1.69. The van der Waals surface area contributed by atoms with E-state index >= 15 is 0 Å². The van der Waals surface area contributed by atoms with Gasteiger partial charge in [0.05, 0.1) is 5.84 Å². The highest BCUT2D eigenvalue weighted by Gasteiger charge is 2.11. The van der Waals surface area contributed by atoms with Crippen LogP contribution in [0.25, 0.3) is 0 Å². The van der Waals surface area contributed by atoms with Crippen molar-refractivity contribution in [2.24, 2.45) is 10.9 Å². The summed E-state index contributed by atoms with van der Waals surface area (Å²) in [4.78, 5) is 4.52. The van der Waals surface area contributed by atoms with E-state index in [2.05, 4.69) is 24.2 Å².